The van der Waals surface area contributed by atoms with Crippen molar-refractivity contribution >= 4 is 18.0 Å². The summed E-state index contributed by atoms with van der Waals surface area (Å²) in [6.07, 6.45) is -0.0182. The molecule has 1 unspecified atom stereocenters. The molecule has 9 heteroatoms. The minimum Gasteiger partial charge on any atom is -0.481 e. The van der Waals surface area contributed by atoms with Gasteiger partial charge in [-0.3, -0.25) is 9.59 Å². The summed E-state index contributed by atoms with van der Waals surface area (Å²) in [6.45, 7) is 2.89. The number of rotatable bonds is 9. The lowest BCUT2D eigenvalue weighted by Gasteiger charge is -2.29. The molecule has 2 aromatic rings. The standard InChI is InChI=1S/C26H28F2N2O5/c1-3-12-25(2,23(33)29-13-20-21(22(31)32)26(20,27)28)30-24(34)35-14-19-17-10-6-4-8-15(17)16-9-5-7-11-18(16)19/h4-11,19-21H,3,12-14H2,1-2H3,(H,29,33)(H,30,34)(H,31,32)/t20-,21-,25?/m1/s1. The predicted molar refractivity (Wildman–Crippen MR) is 124 cm³/mol. The Bertz CT molecular complexity index is 1110. The topological polar surface area (TPSA) is 105 Å². The van der Waals surface area contributed by atoms with Crippen LogP contribution in [0.2, 0.25) is 0 Å². The average Bonchev–Trinajstić information content (AvgIpc) is 3.23. The minimum atomic E-state index is -3.36. The van der Waals surface area contributed by atoms with E-state index in [9.17, 15) is 23.2 Å². The third-order valence-corrected chi connectivity index (χ3v) is 6.92. The molecule has 0 aromatic heterocycles. The Kier molecular flexibility index (Phi) is 6.53. The third-order valence-electron chi connectivity index (χ3n) is 6.92. The second-order valence-corrected chi connectivity index (χ2v) is 9.34. The summed E-state index contributed by atoms with van der Waals surface area (Å²) in [4.78, 5) is 36.5. The number of alkyl carbamates (subject to hydrolysis) is 1. The lowest BCUT2D eigenvalue weighted by Crippen LogP contribution is -2.57. The summed E-state index contributed by atoms with van der Waals surface area (Å²) in [7, 11) is 0. The van der Waals surface area contributed by atoms with E-state index in [1.165, 1.54) is 6.92 Å². The van der Waals surface area contributed by atoms with E-state index in [-0.39, 0.29) is 18.9 Å². The Morgan fingerprint density at radius 1 is 1.06 bits per heavy atom. The van der Waals surface area contributed by atoms with Crippen LogP contribution in [-0.4, -0.2) is 47.7 Å². The van der Waals surface area contributed by atoms with E-state index >= 15 is 0 Å². The smallest absolute Gasteiger partial charge is 0.408 e. The normalized spacial score (nSPS) is 21.3. The highest BCUT2D eigenvalue weighted by Crippen LogP contribution is 2.55. The van der Waals surface area contributed by atoms with Gasteiger partial charge in [-0.25, -0.2) is 13.6 Å². The van der Waals surface area contributed by atoms with Gasteiger partial charge in [0.05, 0.1) is 5.92 Å². The highest BCUT2D eigenvalue weighted by atomic mass is 19.3. The number of fused-ring (bicyclic) bond motifs is 3. The Morgan fingerprint density at radius 3 is 2.14 bits per heavy atom. The second-order valence-electron chi connectivity index (χ2n) is 9.34. The van der Waals surface area contributed by atoms with Gasteiger partial charge >= 0.3 is 12.1 Å². The van der Waals surface area contributed by atoms with Gasteiger partial charge in [0.25, 0.3) is 5.92 Å². The highest BCUT2D eigenvalue weighted by molar-refractivity contribution is 5.89. The van der Waals surface area contributed by atoms with E-state index in [0.717, 1.165) is 22.3 Å². The number of hydrogen-bond acceptors (Lipinski definition) is 4. The number of aliphatic carboxylic acids is 1. The number of carboxylic acids is 1. The predicted octanol–water partition coefficient (Wildman–Crippen LogP) is 4.17. The van der Waals surface area contributed by atoms with Gasteiger partial charge in [0.2, 0.25) is 5.91 Å². The SMILES string of the molecule is CCCC(C)(NC(=O)OCC1c2ccccc2-c2ccccc21)C(=O)NC[C@@H]1[C@H](C(=O)O)C1(F)F. The molecule has 0 saturated heterocycles. The monoisotopic (exact) mass is 486 g/mol. The molecule has 0 bridgehead atoms. The van der Waals surface area contributed by atoms with Crippen molar-refractivity contribution in [3.8, 4) is 11.1 Å². The molecular weight excluding hydrogens is 458 g/mol. The fourth-order valence-electron chi connectivity index (χ4n) is 4.97. The van der Waals surface area contributed by atoms with Crippen LogP contribution in [0.1, 0.15) is 43.7 Å². The van der Waals surface area contributed by atoms with Gasteiger partial charge in [-0.05, 0) is 35.6 Å². The van der Waals surface area contributed by atoms with Crippen molar-refractivity contribution in [2.24, 2.45) is 11.8 Å². The number of halogens is 2. The van der Waals surface area contributed by atoms with Crippen LogP contribution in [0, 0.1) is 11.8 Å². The summed E-state index contributed by atoms with van der Waals surface area (Å²) in [5.74, 6) is -9.05. The largest absolute Gasteiger partial charge is 0.481 e. The number of hydrogen-bond donors (Lipinski definition) is 3. The fourth-order valence-corrected chi connectivity index (χ4v) is 4.97. The highest BCUT2D eigenvalue weighted by Gasteiger charge is 2.72. The first-order valence-electron chi connectivity index (χ1n) is 11.6. The lowest BCUT2D eigenvalue weighted by molar-refractivity contribution is -0.141. The van der Waals surface area contributed by atoms with Crippen LogP contribution in [-0.2, 0) is 14.3 Å². The van der Waals surface area contributed by atoms with Crippen LogP contribution in [0.25, 0.3) is 11.1 Å². The van der Waals surface area contributed by atoms with Gasteiger partial charge in [0.15, 0.2) is 0 Å². The number of carbonyl (C=O) groups excluding carboxylic acids is 2. The van der Waals surface area contributed by atoms with Gasteiger partial charge in [0.1, 0.15) is 18.1 Å². The zero-order valence-electron chi connectivity index (χ0n) is 19.5. The zero-order chi connectivity index (χ0) is 25.4. The van der Waals surface area contributed by atoms with Crippen molar-refractivity contribution < 1.29 is 33.0 Å². The van der Waals surface area contributed by atoms with Crippen LogP contribution in [0.5, 0.6) is 0 Å². The Morgan fingerprint density at radius 2 is 1.63 bits per heavy atom. The summed E-state index contributed by atoms with van der Waals surface area (Å²) in [5, 5.41) is 13.9. The maximum atomic E-state index is 13.7. The van der Waals surface area contributed by atoms with Crippen LogP contribution >= 0.6 is 0 Å². The number of benzene rings is 2. The first-order valence-corrected chi connectivity index (χ1v) is 11.6. The molecule has 0 heterocycles. The van der Waals surface area contributed by atoms with E-state index in [0.29, 0.717) is 6.42 Å². The van der Waals surface area contributed by atoms with Gasteiger partial charge in [0, 0.05) is 12.5 Å². The average molecular weight is 487 g/mol. The molecule has 0 spiro atoms. The van der Waals surface area contributed by atoms with Crippen molar-refractivity contribution in [2.45, 2.75) is 44.1 Å². The molecule has 1 saturated carbocycles. The van der Waals surface area contributed by atoms with Crippen molar-refractivity contribution in [3.05, 3.63) is 59.7 Å². The van der Waals surface area contributed by atoms with Crippen LogP contribution in [0.15, 0.2) is 48.5 Å². The molecule has 2 amide bonds. The van der Waals surface area contributed by atoms with Crippen molar-refractivity contribution in [1.29, 1.82) is 0 Å². The van der Waals surface area contributed by atoms with E-state index in [1.54, 1.807) is 0 Å². The van der Waals surface area contributed by atoms with E-state index < -0.39 is 47.8 Å². The summed E-state index contributed by atoms with van der Waals surface area (Å²) in [6, 6.07) is 15.8. The first kappa shape index (κ1) is 24.6. The second kappa shape index (κ2) is 9.28. The zero-order valence-corrected chi connectivity index (χ0v) is 19.5. The molecule has 4 rings (SSSR count). The third kappa shape index (κ3) is 4.59. The van der Waals surface area contributed by atoms with Crippen molar-refractivity contribution in [1.82, 2.24) is 10.6 Å². The summed E-state index contributed by atoms with van der Waals surface area (Å²) in [5.41, 5.74) is 2.87. The molecule has 2 aliphatic carbocycles. The van der Waals surface area contributed by atoms with Crippen molar-refractivity contribution in [2.75, 3.05) is 13.2 Å². The van der Waals surface area contributed by atoms with E-state index in [2.05, 4.69) is 10.6 Å². The van der Waals surface area contributed by atoms with Gasteiger partial charge in [-0.2, -0.15) is 0 Å². The van der Waals surface area contributed by atoms with Gasteiger partial charge < -0.3 is 20.5 Å². The maximum absolute atomic E-state index is 13.7. The molecule has 1 fully saturated rings. The van der Waals surface area contributed by atoms with Gasteiger partial charge in [-0.1, -0.05) is 61.9 Å². The number of carbonyl (C=O) groups is 3. The van der Waals surface area contributed by atoms with Crippen molar-refractivity contribution in [3.63, 3.8) is 0 Å². The summed E-state index contributed by atoms with van der Waals surface area (Å²) >= 11 is 0. The van der Waals surface area contributed by atoms with Crippen LogP contribution in [0.4, 0.5) is 13.6 Å². The van der Waals surface area contributed by atoms with E-state index in [4.69, 9.17) is 9.84 Å². The number of ether oxygens (including phenoxy) is 1. The quantitative estimate of drug-likeness (QED) is 0.494. The number of alkyl halides is 2. The van der Waals surface area contributed by atoms with E-state index in [1.807, 2.05) is 55.5 Å². The molecule has 0 radical (unpaired) electrons. The molecule has 2 aliphatic rings. The molecule has 7 nitrogen and oxygen atoms in total. The molecule has 0 aliphatic heterocycles. The fraction of sp³-hybridized carbons (Fsp3) is 0.423. The van der Waals surface area contributed by atoms with Crippen LogP contribution < -0.4 is 10.6 Å². The molecule has 2 aromatic carbocycles. The number of carboxylic acid groups (broad SMARTS) is 1. The molecule has 186 valence electrons. The van der Waals surface area contributed by atoms with Crippen LogP contribution in [0.3, 0.4) is 0 Å². The maximum Gasteiger partial charge on any atom is 0.408 e. The van der Waals surface area contributed by atoms with Gasteiger partial charge in [-0.15, -0.1) is 0 Å². The minimum absolute atomic E-state index is 0.0677. The Labute approximate surface area is 201 Å². The first-order chi connectivity index (χ1) is 16.6. The lowest BCUT2D eigenvalue weighted by atomic mass is 9.95. The Balaban J connectivity index is 1.38. The number of nitrogens with one attached hydrogen (secondary N) is 2. The molecule has 35 heavy (non-hydrogen) atoms. The molecular formula is C26H28F2N2O5. The summed E-state index contributed by atoms with van der Waals surface area (Å²) < 4.78 is 32.8. The molecule has 3 atom stereocenters. The number of amides is 2. The molecule has 3 N–H and O–H groups in total. The Hall–Kier alpha value is -3.49.